The monoisotopic (exact) mass is 275 g/mol. The van der Waals surface area contributed by atoms with E-state index in [0.29, 0.717) is 0 Å². The van der Waals surface area contributed by atoms with Crippen molar-refractivity contribution in [3.8, 4) is 17.6 Å². The lowest BCUT2D eigenvalue weighted by molar-refractivity contribution is -0.275. The number of halogens is 3. The lowest BCUT2D eigenvalue weighted by Crippen LogP contribution is -2.19. The molecule has 0 spiro atoms. The van der Waals surface area contributed by atoms with E-state index >= 15 is 0 Å². The highest BCUT2D eigenvalue weighted by Gasteiger charge is 2.35. The number of hydrogen-bond acceptors (Lipinski definition) is 5. The van der Waals surface area contributed by atoms with Gasteiger partial charge >= 0.3 is 12.3 Å². The van der Waals surface area contributed by atoms with Gasteiger partial charge in [-0.2, -0.15) is 5.26 Å². The number of rotatable bonds is 3. The number of alkyl halides is 3. The number of carbonyl (C=O) groups excluding carboxylic acids is 1. The molecule has 1 rings (SSSR count). The van der Waals surface area contributed by atoms with Crippen molar-refractivity contribution < 1.29 is 32.2 Å². The molecule has 0 heterocycles. The van der Waals surface area contributed by atoms with Gasteiger partial charge in [-0.15, -0.1) is 13.2 Å². The molecule has 8 heteroatoms. The Morgan fingerprint density at radius 3 is 2.32 bits per heavy atom. The predicted octanol–water partition coefficient (Wildman–Crippen LogP) is 2.25. The molecule has 0 fully saturated rings. The SMILES string of the molecule is COC(=O)c1ccc(C#N)c(OC(F)(F)F)c1OC. The Kier molecular flexibility index (Phi) is 4.22. The minimum absolute atomic E-state index is 0.275. The first-order chi connectivity index (χ1) is 8.84. The Hall–Kier alpha value is -2.43. The van der Waals surface area contributed by atoms with E-state index in [1.165, 1.54) is 6.07 Å². The lowest BCUT2D eigenvalue weighted by atomic mass is 10.1. The molecule has 0 aromatic heterocycles. The van der Waals surface area contributed by atoms with Crippen LogP contribution < -0.4 is 9.47 Å². The third-order valence-corrected chi connectivity index (χ3v) is 2.06. The Labute approximate surface area is 106 Å². The zero-order chi connectivity index (χ0) is 14.6. The molecule has 0 atom stereocenters. The average Bonchev–Trinajstić information content (AvgIpc) is 2.35. The normalized spacial score (nSPS) is 10.5. The first-order valence-electron chi connectivity index (χ1n) is 4.79. The quantitative estimate of drug-likeness (QED) is 0.791. The van der Waals surface area contributed by atoms with Gasteiger partial charge in [0.15, 0.2) is 11.5 Å². The highest BCUT2D eigenvalue weighted by molar-refractivity contribution is 5.94. The van der Waals surface area contributed by atoms with Gasteiger partial charge in [0.05, 0.1) is 19.8 Å². The van der Waals surface area contributed by atoms with Crippen molar-refractivity contribution in [2.24, 2.45) is 0 Å². The van der Waals surface area contributed by atoms with Crippen molar-refractivity contribution in [2.45, 2.75) is 6.36 Å². The summed E-state index contributed by atoms with van der Waals surface area (Å²) in [4.78, 5) is 11.4. The molecule has 0 aliphatic heterocycles. The van der Waals surface area contributed by atoms with Crippen molar-refractivity contribution in [1.82, 2.24) is 0 Å². The van der Waals surface area contributed by atoms with Gasteiger partial charge in [0, 0.05) is 0 Å². The van der Waals surface area contributed by atoms with Crippen LogP contribution in [0.4, 0.5) is 13.2 Å². The van der Waals surface area contributed by atoms with Gasteiger partial charge in [-0.1, -0.05) is 0 Å². The lowest BCUT2D eigenvalue weighted by Gasteiger charge is -2.15. The van der Waals surface area contributed by atoms with Gasteiger partial charge in [-0.25, -0.2) is 4.79 Å². The van der Waals surface area contributed by atoms with Gasteiger partial charge in [0.25, 0.3) is 0 Å². The maximum atomic E-state index is 12.3. The summed E-state index contributed by atoms with van der Waals surface area (Å²) in [6, 6.07) is 3.65. The zero-order valence-corrected chi connectivity index (χ0v) is 9.87. The van der Waals surface area contributed by atoms with Crippen molar-refractivity contribution in [3.63, 3.8) is 0 Å². The first-order valence-corrected chi connectivity index (χ1v) is 4.79. The second-order valence-electron chi connectivity index (χ2n) is 3.17. The second-order valence-corrected chi connectivity index (χ2v) is 3.17. The minimum atomic E-state index is -5.02. The van der Waals surface area contributed by atoms with Crippen LogP contribution in [-0.2, 0) is 4.74 Å². The smallest absolute Gasteiger partial charge is 0.492 e. The molecule has 0 bridgehead atoms. The fraction of sp³-hybridized carbons (Fsp3) is 0.273. The molecule has 0 amide bonds. The van der Waals surface area contributed by atoms with Crippen LogP contribution >= 0.6 is 0 Å². The van der Waals surface area contributed by atoms with Gasteiger partial charge < -0.3 is 14.2 Å². The molecule has 0 radical (unpaired) electrons. The number of benzene rings is 1. The zero-order valence-electron chi connectivity index (χ0n) is 9.87. The van der Waals surface area contributed by atoms with E-state index in [-0.39, 0.29) is 5.56 Å². The van der Waals surface area contributed by atoms with Crippen LogP contribution in [0.2, 0.25) is 0 Å². The number of esters is 1. The maximum Gasteiger partial charge on any atom is 0.573 e. The summed E-state index contributed by atoms with van der Waals surface area (Å²) < 4.78 is 49.7. The van der Waals surface area contributed by atoms with Gasteiger partial charge in [0.1, 0.15) is 11.6 Å². The van der Waals surface area contributed by atoms with Gasteiger partial charge in [-0.3, -0.25) is 0 Å². The minimum Gasteiger partial charge on any atom is -0.492 e. The van der Waals surface area contributed by atoms with Gasteiger partial charge in [0.2, 0.25) is 0 Å². The van der Waals surface area contributed by atoms with E-state index in [1.807, 2.05) is 0 Å². The molecule has 0 saturated heterocycles. The van der Waals surface area contributed by atoms with E-state index in [0.717, 1.165) is 26.4 Å². The summed E-state index contributed by atoms with van der Waals surface area (Å²) in [5.74, 6) is -2.29. The second kappa shape index (κ2) is 5.48. The van der Waals surface area contributed by atoms with E-state index in [1.54, 1.807) is 0 Å². The number of carbonyl (C=O) groups is 1. The molecule has 0 unspecified atom stereocenters. The van der Waals surface area contributed by atoms with Crippen LogP contribution in [-0.4, -0.2) is 26.6 Å². The molecule has 0 saturated carbocycles. The summed E-state index contributed by atoms with van der Waals surface area (Å²) in [5.41, 5.74) is -0.690. The summed E-state index contributed by atoms with van der Waals surface area (Å²) in [5, 5.41) is 8.75. The van der Waals surface area contributed by atoms with Crippen LogP contribution in [0.25, 0.3) is 0 Å². The average molecular weight is 275 g/mol. The molecule has 0 aliphatic rings. The number of nitrogens with zero attached hydrogens (tertiary/aromatic N) is 1. The van der Waals surface area contributed by atoms with Crippen molar-refractivity contribution in [2.75, 3.05) is 14.2 Å². The standard InChI is InChI=1S/C11H8F3NO4/c1-17-9-7(10(16)18-2)4-3-6(5-15)8(9)19-11(12,13)14/h3-4H,1-2H3. The summed E-state index contributed by atoms with van der Waals surface area (Å²) in [6.45, 7) is 0. The summed E-state index contributed by atoms with van der Waals surface area (Å²) in [6.07, 6.45) is -5.02. The fourth-order valence-electron chi connectivity index (χ4n) is 1.34. The highest BCUT2D eigenvalue weighted by atomic mass is 19.4. The van der Waals surface area contributed by atoms with Crippen LogP contribution in [0.3, 0.4) is 0 Å². The number of methoxy groups -OCH3 is 2. The number of ether oxygens (including phenoxy) is 3. The molecule has 102 valence electrons. The summed E-state index contributed by atoms with van der Waals surface area (Å²) in [7, 11) is 2.11. The molecule has 1 aromatic carbocycles. The van der Waals surface area contributed by atoms with E-state index < -0.39 is 29.4 Å². The molecular formula is C11H8F3NO4. The van der Waals surface area contributed by atoms with Gasteiger partial charge in [-0.05, 0) is 12.1 Å². The molecule has 1 aromatic rings. The predicted molar refractivity (Wildman–Crippen MR) is 55.7 cm³/mol. The molecular weight excluding hydrogens is 267 g/mol. The Morgan fingerprint density at radius 2 is 1.89 bits per heavy atom. The molecule has 0 N–H and O–H groups in total. The Balaban J connectivity index is 3.47. The first kappa shape index (κ1) is 14.6. The van der Waals surface area contributed by atoms with Crippen molar-refractivity contribution in [3.05, 3.63) is 23.3 Å². The Morgan fingerprint density at radius 1 is 1.26 bits per heavy atom. The third-order valence-electron chi connectivity index (χ3n) is 2.06. The molecule has 19 heavy (non-hydrogen) atoms. The fourth-order valence-corrected chi connectivity index (χ4v) is 1.34. The van der Waals surface area contributed by atoms with Crippen molar-refractivity contribution >= 4 is 5.97 Å². The summed E-state index contributed by atoms with van der Waals surface area (Å²) >= 11 is 0. The van der Waals surface area contributed by atoms with Crippen LogP contribution in [0, 0.1) is 11.3 Å². The number of nitriles is 1. The van der Waals surface area contributed by atoms with Crippen LogP contribution in [0.5, 0.6) is 11.5 Å². The highest BCUT2D eigenvalue weighted by Crippen LogP contribution is 2.38. The van der Waals surface area contributed by atoms with Crippen LogP contribution in [0.1, 0.15) is 15.9 Å². The topological polar surface area (TPSA) is 68.6 Å². The van der Waals surface area contributed by atoms with Crippen LogP contribution in [0.15, 0.2) is 12.1 Å². The van der Waals surface area contributed by atoms with E-state index in [4.69, 9.17) is 10.00 Å². The number of hydrogen-bond donors (Lipinski definition) is 0. The third kappa shape index (κ3) is 3.28. The van der Waals surface area contributed by atoms with E-state index in [2.05, 4.69) is 9.47 Å². The largest absolute Gasteiger partial charge is 0.573 e. The Bertz CT molecular complexity index is 534. The van der Waals surface area contributed by atoms with Crippen molar-refractivity contribution in [1.29, 1.82) is 5.26 Å². The maximum absolute atomic E-state index is 12.3. The molecule has 0 aliphatic carbocycles. The van der Waals surface area contributed by atoms with E-state index in [9.17, 15) is 18.0 Å². The molecule has 5 nitrogen and oxygen atoms in total.